The van der Waals surface area contributed by atoms with Crippen LogP contribution in [0.5, 0.6) is 5.75 Å². The second-order valence-electron chi connectivity index (χ2n) is 6.77. The third-order valence-electron chi connectivity index (χ3n) is 4.65. The average Bonchev–Trinajstić information content (AvgIpc) is 3.18. The van der Waals surface area contributed by atoms with Gasteiger partial charge in [0.05, 0.1) is 6.61 Å². The molecule has 0 amide bonds. The summed E-state index contributed by atoms with van der Waals surface area (Å²) in [6.45, 7) is 7.45. The van der Waals surface area contributed by atoms with Gasteiger partial charge in [0.2, 0.25) is 0 Å². The van der Waals surface area contributed by atoms with Crippen LogP contribution in [-0.4, -0.2) is 18.1 Å². The minimum Gasteiger partial charge on any atom is -0.493 e. The Hall–Kier alpha value is -1.15. The molecule has 1 fully saturated rings. The molecule has 0 bridgehead atoms. The predicted molar refractivity (Wildman–Crippen MR) is 114 cm³/mol. The molecule has 0 radical (unpaired) electrons. The average molecular weight is 360 g/mol. The summed E-state index contributed by atoms with van der Waals surface area (Å²) >= 11 is 0. The van der Waals surface area contributed by atoms with Crippen molar-refractivity contribution in [2.45, 2.75) is 70.6 Å². The zero-order valence-corrected chi connectivity index (χ0v) is 17.2. The van der Waals surface area contributed by atoms with E-state index in [1.54, 1.807) is 4.90 Å². The molecule has 1 nitrogen and oxygen atoms in total. The fraction of sp³-hybridized carbons (Fsp3) is 0.565. The van der Waals surface area contributed by atoms with E-state index in [4.69, 9.17) is 4.74 Å². The van der Waals surface area contributed by atoms with Crippen LogP contribution < -0.4 is 4.74 Å². The zero-order valence-electron chi connectivity index (χ0n) is 16.4. The first-order chi connectivity index (χ1) is 12.3. The highest BCUT2D eigenvalue weighted by molar-refractivity contribution is 7.97. The summed E-state index contributed by atoms with van der Waals surface area (Å²) in [5.74, 6) is 3.81. The summed E-state index contributed by atoms with van der Waals surface area (Å²) in [5, 5.41) is 2.70. The second-order valence-corrected chi connectivity index (χ2v) is 9.01. The Morgan fingerprint density at radius 2 is 1.44 bits per heavy atom. The van der Waals surface area contributed by atoms with E-state index in [1.807, 2.05) is 0 Å². The summed E-state index contributed by atoms with van der Waals surface area (Å²) in [5.41, 5.74) is 0. The predicted octanol–water partition coefficient (Wildman–Crippen LogP) is 6.99. The lowest BCUT2D eigenvalue weighted by Gasteiger charge is -2.11. The van der Waals surface area contributed by atoms with Gasteiger partial charge >= 0.3 is 0 Å². The van der Waals surface area contributed by atoms with Crippen LogP contribution in [0.2, 0.25) is 0 Å². The third kappa shape index (κ3) is 5.95. The molecule has 3 rings (SSSR count). The number of benzene rings is 2. The van der Waals surface area contributed by atoms with Crippen LogP contribution in [0.4, 0.5) is 0 Å². The van der Waals surface area contributed by atoms with Crippen LogP contribution in [0.3, 0.4) is 0 Å². The van der Waals surface area contributed by atoms with Gasteiger partial charge in [-0.15, -0.1) is 0 Å². The highest BCUT2D eigenvalue weighted by Gasteiger charge is 2.29. The fourth-order valence-electron chi connectivity index (χ4n) is 3.18. The maximum atomic E-state index is 5.98. The van der Waals surface area contributed by atoms with Gasteiger partial charge in [0, 0.05) is 21.7 Å². The van der Waals surface area contributed by atoms with Crippen LogP contribution in [0.25, 0.3) is 10.8 Å². The Morgan fingerprint density at radius 1 is 0.800 bits per heavy atom. The van der Waals surface area contributed by atoms with Gasteiger partial charge in [0.15, 0.2) is 4.90 Å². The first kappa shape index (κ1) is 20.2. The largest absolute Gasteiger partial charge is 0.493 e. The molecule has 0 unspecified atom stereocenters. The maximum absolute atomic E-state index is 5.98. The molecule has 2 aromatic rings. The van der Waals surface area contributed by atoms with E-state index < -0.39 is 0 Å². The van der Waals surface area contributed by atoms with Gasteiger partial charge in [-0.2, -0.15) is 0 Å². The molecule has 0 N–H and O–H groups in total. The normalized spacial score (nSPS) is 14.4. The number of hydrogen-bond acceptors (Lipinski definition) is 1. The van der Waals surface area contributed by atoms with Gasteiger partial charge in [-0.3, -0.25) is 0 Å². The number of rotatable bonds is 7. The smallest absolute Gasteiger partial charge is 0.162 e. The van der Waals surface area contributed by atoms with Gasteiger partial charge < -0.3 is 4.74 Å². The molecule has 0 spiro atoms. The Morgan fingerprint density at radius 3 is 2.04 bits per heavy atom. The number of fused-ring (bicyclic) bond motifs is 1. The van der Waals surface area contributed by atoms with Crippen LogP contribution >= 0.6 is 0 Å². The molecule has 1 aliphatic rings. The summed E-state index contributed by atoms with van der Waals surface area (Å²) in [7, 11) is 0.464. The minimum atomic E-state index is 0.464. The van der Waals surface area contributed by atoms with Crippen molar-refractivity contribution in [1.82, 2.24) is 0 Å². The van der Waals surface area contributed by atoms with Gasteiger partial charge in [-0.1, -0.05) is 64.7 Å². The molecule has 1 heterocycles. The second kappa shape index (κ2) is 11.5. The van der Waals surface area contributed by atoms with Crippen molar-refractivity contribution < 1.29 is 4.74 Å². The molecule has 2 heteroatoms. The van der Waals surface area contributed by atoms with E-state index in [1.165, 1.54) is 60.8 Å². The monoisotopic (exact) mass is 359 g/mol. The van der Waals surface area contributed by atoms with Crippen molar-refractivity contribution in [2.75, 3.05) is 18.1 Å². The first-order valence-corrected chi connectivity index (χ1v) is 11.7. The maximum Gasteiger partial charge on any atom is 0.162 e. The Balaban J connectivity index is 0.000000399. The summed E-state index contributed by atoms with van der Waals surface area (Å²) in [6, 6.07) is 13.3. The standard InChI is InChI=1S/C18H23OS.C5H12/c1-2-3-12-19-17-10-11-18(20-13-6-7-14-20)16-9-5-4-8-15(16)17;1-3-5-4-2/h4-5,8-11H,2-3,6-7,12-14H2,1H3;3-5H2,1-2H3/q+1;. The van der Waals surface area contributed by atoms with E-state index in [2.05, 4.69) is 57.2 Å². The molecule has 0 atom stereocenters. The van der Waals surface area contributed by atoms with Gasteiger partial charge in [-0.05, 0) is 37.5 Å². The molecule has 138 valence electrons. The van der Waals surface area contributed by atoms with Crippen LogP contribution in [0.15, 0.2) is 41.3 Å². The lowest BCUT2D eigenvalue weighted by atomic mass is 10.1. The molecule has 0 saturated carbocycles. The molecule has 1 aliphatic heterocycles. The highest BCUT2D eigenvalue weighted by Crippen LogP contribution is 2.34. The summed E-state index contributed by atoms with van der Waals surface area (Å²) in [6.07, 6.45) is 9.17. The zero-order chi connectivity index (χ0) is 17.9. The lowest BCUT2D eigenvalue weighted by molar-refractivity contribution is 0.313. The van der Waals surface area contributed by atoms with Gasteiger partial charge in [0.1, 0.15) is 17.3 Å². The highest BCUT2D eigenvalue weighted by atomic mass is 32.2. The molecular formula is C23H35OS+. The van der Waals surface area contributed by atoms with Crippen molar-refractivity contribution in [1.29, 1.82) is 0 Å². The Labute approximate surface area is 157 Å². The molecule has 2 aromatic carbocycles. The molecular weight excluding hydrogens is 324 g/mol. The van der Waals surface area contributed by atoms with Gasteiger partial charge in [0.25, 0.3) is 0 Å². The molecule has 1 saturated heterocycles. The summed E-state index contributed by atoms with van der Waals surface area (Å²) in [4.78, 5) is 1.56. The van der Waals surface area contributed by atoms with E-state index in [9.17, 15) is 0 Å². The fourth-order valence-corrected chi connectivity index (χ4v) is 5.67. The summed E-state index contributed by atoms with van der Waals surface area (Å²) < 4.78 is 5.98. The van der Waals surface area contributed by atoms with E-state index in [0.717, 1.165) is 18.8 Å². The van der Waals surface area contributed by atoms with E-state index in [-0.39, 0.29) is 0 Å². The SMILES string of the molecule is CCCCC.CCCCOc1ccc([S+]2CCCC2)c2ccccc12. The van der Waals surface area contributed by atoms with Crippen molar-refractivity contribution in [2.24, 2.45) is 0 Å². The lowest BCUT2D eigenvalue weighted by Crippen LogP contribution is -2.05. The van der Waals surface area contributed by atoms with Crippen molar-refractivity contribution >= 4 is 21.7 Å². The number of ether oxygens (including phenoxy) is 1. The first-order valence-electron chi connectivity index (χ1n) is 10.1. The van der Waals surface area contributed by atoms with Crippen molar-refractivity contribution in [3.8, 4) is 5.75 Å². The van der Waals surface area contributed by atoms with Crippen LogP contribution in [0, 0.1) is 0 Å². The van der Waals surface area contributed by atoms with Gasteiger partial charge in [-0.25, -0.2) is 0 Å². The molecule has 0 aromatic heterocycles. The van der Waals surface area contributed by atoms with E-state index >= 15 is 0 Å². The third-order valence-corrected chi connectivity index (χ3v) is 7.19. The Bertz CT molecular complexity index is 615. The molecule has 25 heavy (non-hydrogen) atoms. The van der Waals surface area contributed by atoms with E-state index in [0.29, 0.717) is 10.9 Å². The number of unbranched alkanes of at least 4 members (excludes halogenated alkanes) is 3. The van der Waals surface area contributed by atoms with Crippen LogP contribution in [-0.2, 0) is 10.9 Å². The van der Waals surface area contributed by atoms with Crippen molar-refractivity contribution in [3.05, 3.63) is 36.4 Å². The minimum absolute atomic E-state index is 0.464. The van der Waals surface area contributed by atoms with Crippen molar-refractivity contribution in [3.63, 3.8) is 0 Å². The topological polar surface area (TPSA) is 9.23 Å². The quantitative estimate of drug-likeness (QED) is 0.382. The molecule has 0 aliphatic carbocycles. The number of hydrogen-bond donors (Lipinski definition) is 0. The van der Waals surface area contributed by atoms with Crippen LogP contribution in [0.1, 0.15) is 65.7 Å². The Kier molecular flexibility index (Phi) is 9.25.